The van der Waals surface area contributed by atoms with Gasteiger partial charge in [0, 0.05) is 6.54 Å². The normalized spacial score (nSPS) is 21.1. The molecule has 1 aliphatic heterocycles. The number of amides is 1. The van der Waals surface area contributed by atoms with Crippen molar-refractivity contribution in [2.24, 2.45) is 5.41 Å². The zero-order valence-electron chi connectivity index (χ0n) is 10.9. The van der Waals surface area contributed by atoms with Gasteiger partial charge in [-0.1, -0.05) is 20.8 Å². The van der Waals surface area contributed by atoms with Crippen molar-refractivity contribution in [3.05, 3.63) is 0 Å². The second-order valence-corrected chi connectivity index (χ2v) is 4.93. The van der Waals surface area contributed by atoms with Gasteiger partial charge in [-0.15, -0.1) is 0 Å². The highest BCUT2D eigenvalue weighted by Gasteiger charge is 2.27. The highest BCUT2D eigenvalue weighted by Crippen LogP contribution is 2.29. The summed E-state index contributed by atoms with van der Waals surface area (Å²) in [4.78, 5) is 11.9. The van der Waals surface area contributed by atoms with Gasteiger partial charge in [0.05, 0.1) is 6.04 Å². The topological polar surface area (TPSA) is 41.1 Å². The molecule has 1 aliphatic rings. The lowest BCUT2D eigenvalue weighted by molar-refractivity contribution is -0.123. The molecule has 0 radical (unpaired) electrons. The van der Waals surface area contributed by atoms with Crippen LogP contribution < -0.4 is 10.6 Å². The Morgan fingerprint density at radius 3 is 2.38 bits per heavy atom. The Hall–Kier alpha value is -0.570. The molecule has 0 bridgehead atoms. The highest BCUT2D eigenvalue weighted by atomic mass is 16.2. The molecule has 16 heavy (non-hydrogen) atoms. The maximum Gasteiger partial charge on any atom is 0.237 e. The number of carbonyl (C=O) groups is 1. The molecular formula is C13H26N2O. The third kappa shape index (κ3) is 3.21. The van der Waals surface area contributed by atoms with Gasteiger partial charge in [0.15, 0.2) is 0 Å². The second-order valence-electron chi connectivity index (χ2n) is 4.93. The molecule has 1 amide bonds. The molecule has 2 N–H and O–H groups in total. The van der Waals surface area contributed by atoms with Gasteiger partial charge in [0.2, 0.25) is 5.91 Å². The number of nitrogens with one attached hydrogen (secondary N) is 2. The van der Waals surface area contributed by atoms with E-state index in [4.69, 9.17) is 0 Å². The number of hydrogen-bond acceptors (Lipinski definition) is 2. The number of rotatable bonds is 6. The van der Waals surface area contributed by atoms with Crippen molar-refractivity contribution in [3.63, 3.8) is 0 Å². The fraction of sp³-hybridized carbons (Fsp3) is 0.923. The summed E-state index contributed by atoms with van der Waals surface area (Å²) in [7, 11) is 0. The van der Waals surface area contributed by atoms with Crippen LogP contribution in [0.3, 0.4) is 0 Å². The molecule has 0 spiro atoms. The predicted octanol–water partition coefficient (Wildman–Crippen LogP) is 2.07. The van der Waals surface area contributed by atoms with Crippen LogP contribution in [0.15, 0.2) is 0 Å². The average Bonchev–Trinajstić information content (AvgIpc) is 2.85. The lowest BCUT2D eigenvalue weighted by atomic mass is 9.80. The van der Waals surface area contributed by atoms with Crippen molar-refractivity contribution >= 4 is 5.91 Å². The summed E-state index contributed by atoms with van der Waals surface area (Å²) < 4.78 is 0. The van der Waals surface area contributed by atoms with Gasteiger partial charge in [0.25, 0.3) is 0 Å². The van der Waals surface area contributed by atoms with E-state index in [0.717, 1.165) is 45.2 Å². The van der Waals surface area contributed by atoms with Gasteiger partial charge < -0.3 is 10.6 Å². The molecule has 0 aromatic carbocycles. The van der Waals surface area contributed by atoms with Crippen LogP contribution in [-0.2, 0) is 4.79 Å². The van der Waals surface area contributed by atoms with Crippen molar-refractivity contribution in [1.82, 2.24) is 10.6 Å². The van der Waals surface area contributed by atoms with Crippen LogP contribution in [0.25, 0.3) is 0 Å². The van der Waals surface area contributed by atoms with E-state index >= 15 is 0 Å². The Bertz CT molecular complexity index is 210. The smallest absolute Gasteiger partial charge is 0.237 e. The molecule has 0 aromatic rings. The fourth-order valence-corrected chi connectivity index (χ4v) is 2.43. The standard InChI is InChI=1S/C13H26N2O/c1-4-13(5-2,6-3)10-15-12(16)11-8-7-9-14-11/h11,14H,4-10H2,1-3H3,(H,15,16). The maximum atomic E-state index is 11.9. The first-order valence-corrected chi connectivity index (χ1v) is 6.68. The highest BCUT2D eigenvalue weighted by molar-refractivity contribution is 5.82. The van der Waals surface area contributed by atoms with Gasteiger partial charge in [-0.05, 0) is 44.1 Å². The van der Waals surface area contributed by atoms with Gasteiger partial charge in [-0.3, -0.25) is 4.79 Å². The molecule has 94 valence electrons. The van der Waals surface area contributed by atoms with Crippen LogP contribution in [0.4, 0.5) is 0 Å². The predicted molar refractivity (Wildman–Crippen MR) is 67.3 cm³/mol. The van der Waals surface area contributed by atoms with Crippen molar-refractivity contribution in [1.29, 1.82) is 0 Å². The summed E-state index contributed by atoms with van der Waals surface area (Å²) in [5, 5.41) is 6.35. The Kier molecular flexibility index (Phi) is 5.26. The van der Waals surface area contributed by atoms with Crippen molar-refractivity contribution < 1.29 is 4.79 Å². The fourth-order valence-electron chi connectivity index (χ4n) is 2.43. The van der Waals surface area contributed by atoms with Crippen LogP contribution in [0.1, 0.15) is 52.9 Å². The average molecular weight is 226 g/mol. The summed E-state index contributed by atoms with van der Waals surface area (Å²) >= 11 is 0. The summed E-state index contributed by atoms with van der Waals surface area (Å²) in [6.45, 7) is 8.46. The summed E-state index contributed by atoms with van der Waals surface area (Å²) in [5.41, 5.74) is 0.300. The van der Waals surface area contributed by atoms with E-state index < -0.39 is 0 Å². The second kappa shape index (κ2) is 6.24. The van der Waals surface area contributed by atoms with Crippen molar-refractivity contribution in [2.75, 3.05) is 13.1 Å². The molecule has 0 saturated carbocycles. The van der Waals surface area contributed by atoms with Crippen LogP contribution >= 0.6 is 0 Å². The van der Waals surface area contributed by atoms with E-state index in [1.807, 2.05) is 0 Å². The van der Waals surface area contributed by atoms with Gasteiger partial charge in [-0.2, -0.15) is 0 Å². The quantitative estimate of drug-likeness (QED) is 0.728. The third-order valence-corrected chi connectivity index (χ3v) is 4.26. The summed E-state index contributed by atoms with van der Waals surface area (Å²) in [6.07, 6.45) is 5.52. The van der Waals surface area contributed by atoms with Gasteiger partial charge in [-0.25, -0.2) is 0 Å². The van der Waals surface area contributed by atoms with E-state index in [0.29, 0.717) is 5.41 Å². The zero-order valence-corrected chi connectivity index (χ0v) is 10.9. The van der Waals surface area contributed by atoms with E-state index in [9.17, 15) is 4.79 Å². The first kappa shape index (κ1) is 13.5. The minimum absolute atomic E-state index is 0.0586. The molecule has 1 rings (SSSR count). The molecule has 0 aliphatic carbocycles. The number of hydrogen-bond donors (Lipinski definition) is 2. The maximum absolute atomic E-state index is 11.9. The molecule has 1 fully saturated rings. The molecule has 3 nitrogen and oxygen atoms in total. The molecule has 0 aromatic heterocycles. The Labute approximate surface area is 99.4 Å². The van der Waals surface area contributed by atoms with Crippen LogP contribution in [-0.4, -0.2) is 25.0 Å². The summed E-state index contributed by atoms with van der Waals surface area (Å²) in [5.74, 6) is 0.192. The van der Waals surface area contributed by atoms with E-state index in [2.05, 4.69) is 31.4 Å². The van der Waals surface area contributed by atoms with Gasteiger partial charge in [0.1, 0.15) is 0 Å². The monoisotopic (exact) mass is 226 g/mol. The van der Waals surface area contributed by atoms with Gasteiger partial charge >= 0.3 is 0 Å². The molecular weight excluding hydrogens is 200 g/mol. The Morgan fingerprint density at radius 2 is 1.94 bits per heavy atom. The molecule has 1 atom stereocenters. The minimum Gasteiger partial charge on any atom is -0.354 e. The van der Waals surface area contributed by atoms with E-state index in [1.54, 1.807) is 0 Å². The first-order chi connectivity index (χ1) is 7.67. The number of carbonyl (C=O) groups excluding carboxylic acids is 1. The Morgan fingerprint density at radius 1 is 1.31 bits per heavy atom. The van der Waals surface area contributed by atoms with E-state index in [1.165, 1.54) is 0 Å². The largest absolute Gasteiger partial charge is 0.354 e. The summed E-state index contributed by atoms with van der Waals surface area (Å²) in [6, 6.07) is 0.0586. The van der Waals surface area contributed by atoms with Crippen LogP contribution in [0.2, 0.25) is 0 Å². The van der Waals surface area contributed by atoms with Crippen LogP contribution in [0, 0.1) is 5.41 Å². The molecule has 1 unspecified atom stereocenters. The van der Waals surface area contributed by atoms with E-state index in [-0.39, 0.29) is 11.9 Å². The SMILES string of the molecule is CCC(CC)(CC)CNC(=O)C1CCCN1. The van der Waals surface area contributed by atoms with Crippen molar-refractivity contribution in [3.8, 4) is 0 Å². The van der Waals surface area contributed by atoms with Crippen LogP contribution in [0.5, 0.6) is 0 Å². The first-order valence-electron chi connectivity index (χ1n) is 6.68. The molecule has 3 heteroatoms. The lowest BCUT2D eigenvalue weighted by Gasteiger charge is -2.31. The molecule has 1 heterocycles. The minimum atomic E-state index is 0.0586. The lowest BCUT2D eigenvalue weighted by Crippen LogP contribution is -2.44. The molecule has 1 saturated heterocycles. The van der Waals surface area contributed by atoms with Crippen molar-refractivity contribution in [2.45, 2.75) is 58.9 Å². The zero-order chi connectivity index (χ0) is 12.0. The Balaban J connectivity index is 2.39. The third-order valence-electron chi connectivity index (χ3n) is 4.26.